The van der Waals surface area contributed by atoms with Gasteiger partial charge in [-0.05, 0) is 0 Å². The van der Waals surface area contributed by atoms with E-state index in [-0.39, 0.29) is 5.91 Å². The summed E-state index contributed by atoms with van der Waals surface area (Å²) in [6, 6.07) is 3.56. The summed E-state index contributed by atoms with van der Waals surface area (Å²) in [4.78, 5) is 16.3. The number of rotatable bonds is 1. The molecule has 1 aliphatic rings. The molecule has 1 amide bonds. The van der Waals surface area contributed by atoms with Crippen LogP contribution in [-0.4, -0.2) is 28.9 Å². The molecule has 0 spiro atoms. The third-order valence-corrected chi connectivity index (χ3v) is 2.20. The molecule has 4 nitrogen and oxygen atoms in total. The Kier molecular flexibility index (Phi) is 1.12. The van der Waals surface area contributed by atoms with Crippen molar-refractivity contribution in [3.05, 3.63) is 24.1 Å². The number of hydrogen-bond acceptors (Lipinski definition) is 2. The molecule has 0 unspecified atom stereocenters. The molecule has 3 heterocycles. The van der Waals surface area contributed by atoms with Crippen LogP contribution in [0.15, 0.2) is 22.8 Å². The number of furan rings is 1. The lowest BCUT2D eigenvalue weighted by atomic mass is 10.4. The van der Waals surface area contributed by atoms with E-state index >= 15 is 0 Å². The number of nitrogens with one attached hydrogen (secondary N) is 1. The maximum atomic E-state index is 11.5. The summed E-state index contributed by atoms with van der Waals surface area (Å²) < 4.78 is 5.15. The summed E-state index contributed by atoms with van der Waals surface area (Å²) in [5.74, 6) is 0.0615. The smallest absolute Gasteiger partial charge is 0.270 e. The van der Waals surface area contributed by atoms with Gasteiger partial charge in [-0.2, -0.15) is 0 Å². The second-order valence-corrected chi connectivity index (χ2v) is 3.17. The van der Waals surface area contributed by atoms with Gasteiger partial charge >= 0.3 is 0 Å². The molecule has 0 radical (unpaired) electrons. The first-order chi connectivity index (χ1) is 6.34. The number of fused-ring (bicyclic) bond motifs is 1. The molecular formula is C9H8N2O2. The molecule has 13 heavy (non-hydrogen) atoms. The molecule has 66 valence electrons. The lowest BCUT2D eigenvalue weighted by Crippen LogP contribution is -2.10. The zero-order valence-corrected chi connectivity index (χ0v) is 6.91. The van der Waals surface area contributed by atoms with Gasteiger partial charge in [0.05, 0.1) is 11.8 Å². The summed E-state index contributed by atoms with van der Waals surface area (Å²) in [5, 5.41) is 0. The average molecular weight is 176 g/mol. The van der Waals surface area contributed by atoms with Crippen molar-refractivity contribution in [3.63, 3.8) is 0 Å². The topological polar surface area (TPSA) is 49.0 Å². The van der Waals surface area contributed by atoms with Gasteiger partial charge in [0.2, 0.25) is 0 Å². The van der Waals surface area contributed by atoms with Crippen LogP contribution in [0.5, 0.6) is 0 Å². The van der Waals surface area contributed by atoms with Gasteiger partial charge in [-0.3, -0.25) is 4.79 Å². The van der Waals surface area contributed by atoms with E-state index in [1.807, 2.05) is 6.07 Å². The fourth-order valence-electron chi connectivity index (χ4n) is 1.39. The van der Waals surface area contributed by atoms with E-state index in [9.17, 15) is 4.79 Å². The number of amides is 1. The number of H-pyrrole nitrogens is 1. The number of carbonyl (C=O) groups excluding carboxylic acids is 1. The maximum Gasteiger partial charge on any atom is 0.270 e. The van der Waals surface area contributed by atoms with Crippen LogP contribution in [-0.2, 0) is 0 Å². The molecule has 0 bridgehead atoms. The van der Waals surface area contributed by atoms with Crippen LogP contribution >= 0.6 is 0 Å². The zero-order valence-electron chi connectivity index (χ0n) is 6.91. The molecule has 1 N–H and O–H groups in total. The first-order valence-electron chi connectivity index (χ1n) is 4.20. The Morgan fingerprint density at radius 3 is 3.08 bits per heavy atom. The fourth-order valence-corrected chi connectivity index (χ4v) is 1.39. The van der Waals surface area contributed by atoms with Crippen molar-refractivity contribution in [2.75, 3.05) is 13.1 Å². The standard InChI is InChI=1S/C9H8N2O2/c12-9(11-2-3-11)7-5-8-6(10-7)1-4-13-8/h1,4-5,10H,2-3H2. The monoisotopic (exact) mass is 176 g/mol. The minimum Gasteiger partial charge on any atom is -0.463 e. The highest BCUT2D eigenvalue weighted by Crippen LogP contribution is 2.19. The van der Waals surface area contributed by atoms with Crippen LogP contribution < -0.4 is 0 Å². The van der Waals surface area contributed by atoms with Gasteiger partial charge in [0, 0.05) is 25.2 Å². The molecule has 0 aliphatic carbocycles. The van der Waals surface area contributed by atoms with E-state index in [1.54, 1.807) is 17.2 Å². The largest absolute Gasteiger partial charge is 0.463 e. The lowest BCUT2D eigenvalue weighted by molar-refractivity contribution is 0.0881. The normalized spacial score (nSPS) is 15.2. The molecule has 2 aromatic heterocycles. The molecule has 0 atom stereocenters. The summed E-state index contributed by atoms with van der Waals surface area (Å²) in [7, 11) is 0. The van der Waals surface area contributed by atoms with Crippen molar-refractivity contribution in [1.82, 2.24) is 9.88 Å². The third-order valence-electron chi connectivity index (χ3n) is 2.20. The van der Waals surface area contributed by atoms with E-state index in [0.29, 0.717) is 5.69 Å². The number of aromatic nitrogens is 1. The molecule has 0 saturated carbocycles. The lowest BCUT2D eigenvalue weighted by Gasteiger charge is -1.95. The van der Waals surface area contributed by atoms with Crippen LogP contribution in [0.3, 0.4) is 0 Å². The predicted octanol–water partition coefficient (Wildman–Crippen LogP) is 1.22. The van der Waals surface area contributed by atoms with Crippen LogP contribution in [0.2, 0.25) is 0 Å². The Labute approximate surface area is 74.1 Å². The molecule has 3 rings (SSSR count). The summed E-state index contributed by atoms with van der Waals surface area (Å²) in [5.41, 5.74) is 2.24. The van der Waals surface area contributed by atoms with Crippen LogP contribution in [0.4, 0.5) is 0 Å². The quantitative estimate of drug-likeness (QED) is 0.664. The molecule has 0 aromatic carbocycles. The minimum absolute atomic E-state index is 0.0615. The van der Waals surface area contributed by atoms with E-state index < -0.39 is 0 Å². The number of aromatic amines is 1. The van der Waals surface area contributed by atoms with E-state index in [4.69, 9.17) is 4.42 Å². The van der Waals surface area contributed by atoms with E-state index in [0.717, 1.165) is 24.2 Å². The van der Waals surface area contributed by atoms with Gasteiger partial charge in [-0.1, -0.05) is 0 Å². The van der Waals surface area contributed by atoms with Gasteiger partial charge in [0.15, 0.2) is 5.58 Å². The van der Waals surface area contributed by atoms with Crippen LogP contribution in [0, 0.1) is 0 Å². The first-order valence-corrected chi connectivity index (χ1v) is 4.20. The highest BCUT2D eigenvalue weighted by molar-refractivity contribution is 5.97. The van der Waals surface area contributed by atoms with Crippen LogP contribution in [0.1, 0.15) is 10.5 Å². The summed E-state index contributed by atoms with van der Waals surface area (Å²) >= 11 is 0. The van der Waals surface area contributed by atoms with Gasteiger partial charge < -0.3 is 14.3 Å². The van der Waals surface area contributed by atoms with E-state index in [2.05, 4.69) is 4.98 Å². The Hall–Kier alpha value is -1.71. The van der Waals surface area contributed by atoms with Gasteiger partial charge in [0.1, 0.15) is 5.69 Å². The Morgan fingerprint density at radius 1 is 1.54 bits per heavy atom. The van der Waals surface area contributed by atoms with Crippen molar-refractivity contribution in [3.8, 4) is 0 Å². The number of carbonyl (C=O) groups is 1. The number of hydrogen-bond donors (Lipinski definition) is 1. The Bertz CT molecular complexity index is 436. The molecular weight excluding hydrogens is 168 g/mol. The van der Waals surface area contributed by atoms with Gasteiger partial charge in [-0.15, -0.1) is 0 Å². The first kappa shape index (κ1) is 6.77. The molecule has 1 saturated heterocycles. The second-order valence-electron chi connectivity index (χ2n) is 3.17. The van der Waals surface area contributed by atoms with E-state index in [1.165, 1.54) is 0 Å². The SMILES string of the molecule is O=C(c1cc2occc2[nH]1)N1CC1. The van der Waals surface area contributed by atoms with Crippen molar-refractivity contribution in [2.24, 2.45) is 0 Å². The fraction of sp³-hybridized carbons (Fsp3) is 0.222. The second kappa shape index (κ2) is 2.16. The van der Waals surface area contributed by atoms with Gasteiger partial charge in [0.25, 0.3) is 5.91 Å². The molecule has 1 fully saturated rings. The maximum absolute atomic E-state index is 11.5. The third kappa shape index (κ3) is 0.950. The Morgan fingerprint density at radius 2 is 2.38 bits per heavy atom. The number of nitrogens with zero attached hydrogens (tertiary/aromatic N) is 1. The summed E-state index contributed by atoms with van der Waals surface area (Å²) in [6.45, 7) is 1.75. The molecule has 4 heteroatoms. The molecule has 2 aromatic rings. The highest BCUT2D eigenvalue weighted by Gasteiger charge is 2.26. The van der Waals surface area contributed by atoms with Crippen LogP contribution in [0.25, 0.3) is 11.1 Å². The molecule has 1 aliphatic heterocycles. The zero-order chi connectivity index (χ0) is 8.84. The van der Waals surface area contributed by atoms with Crippen molar-refractivity contribution < 1.29 is 9.21 Å². The van der Waals surface area contributed by atoms with Crippen molar-refractivity contribution >= 4 is 17.0 Å². The average Bonchev–Trinajstić information content (AvgIpc) is 2.73. The van der Waals surface area contributed by atoms with Crippen molar-refractivity contribution in [2.45, 2.75) is 0 Å². The van der Waals surface area contributed by atoms with Crippen molar-refractivity contribution in [1.29, 1.82) is 0 Å². The minimum atomic E-state index is 0.0615. The van der Waals surface area contributed by atoms with Gasteiger partial charge in [-0.25, -0.2) is 0 Å². The Balaban J connectivity index is 2.06. The summed E-state index contributed by atoms with van der Waals surface area (Å²) in [6.07, 6.45) is 1.60. The predicted molar refractivity (Wildman–Crippen MR) is 46.5 cm³/mol. The highest BCUT2D eigenvalue weighted by atomic mass is 16.3.